The summed E-state index contributed by atoms with van der Waals surface area (Å²) in [4.78, 5) is 24.6. The molecule has 6 nitrogen and oxygen atoms in total. The smallest absolute Gasteiger partial charge is 0.253 e. The lowest BCUT2D eigenvalue weighted by Crippen LogP contribution is -2.39. The van der Waals surface area contributed by atoms with Crippen LogP contribution < -0.4 is 5.73 Å². The molecule has 4 aromatic rings. The first-order chi connectivity index (χ1) is 14.5. The van der Waals surface area contributed by atoms with Gasteiger partial charge in [0, 0.05) is 37.0 Å². The molecule has 0 unspecified atom stereocenters. The van der Waals surface area contributed by atoms with Crippen molar-refractivity contribution in [3.8, 4) is 0 Å². The van der Waals surface area contributed by atoms with Gasteiger partial charge in [-0.3, -0.25) is 9.78 Å². The lowest BCUT2D eigenvalue weighted by Gasteiger charge is -2.33. The number of nitrogen functional groups attached to an aromatic ring is 1. The Bertz CT molecular complexity index is 1280. The zero-order valence-corrected chi connectivity index (χ0v) is 17.3. The van der Waals surface area contributed by atoms with Crippen LogP contribution in [0.15, 0.2) is 48.5 Å². The molecule has 0 saturated carbocycles. The number of hydrogen-bond acceptors (Lipinski definition) is 4. The number of rotatable bonds is 2. The molecule has 30 heavy (non-hydrogen) atoms. The SMILES string of the molecule is Cc1nc2cc(C(=O)N3CCC[C@H](c4nc5ccccc5cc4N)C3)ccc2n1C. The Balaban J connectivity index is 1.42. The Morgan fingerprint density at radius 3 is 2.80 bits per heavy atom. The van der Waals surface area contributed by atoms with Crippen molar-refractivity contribution in [2.75, 3.05) is 18.8 Å². The molecule has 6 heteroatoms. The average Bonchev–Trinajstić information content (AvgIpc) is 3.05. The molecule has 0 bridgehead atoms. The number of piperidine rings is 1. The van der Waals surface area contributed by atoms with Crippen LogP contribution in [0.1, 0.15) is 40.6 Å². The molecule has 1 aliphatic rings. The van der Waals surface area contributed by atoms with Crippen LogP contribution in [0, 0.1) is 6.92 Å². The van der Waals surface area contributed by atoms with E-state index in [9.17, 15) is 4.79 Å². The van der Waals surface area contributed by atoms with Crippen LogP contribution in [0.5, 0.6) is 0 Å². The third-order valence-electron chi connectivity index (χ3n) is 6.23. The number of likely N-dealkylation sites (tertiary alicyclic amines) is 1. The number of anilines is 1. The fraction of sp³-hybridized carbons (Fsp3) is 0.292. The largest absolute Gasteiger partial charge is 0.397 e. The van der Waals surface area contributed by atoms with Crippen molar-refractivity contribution < 1.29 is 4.79 Å². The highest BCUT2D eigenvalue weighted by atomic mass is 16.2. The zero-order chi connectivity index (χ0) is 20.8. The number of carbonyl (C=O) groups is 1. The van der Waals surface area contributed by atoms with E-state index in [4.69, 9.17) is 10.7 Å². The van der Waals surface area contributed by atoms with Gasteiger partial charge in [0.2, 0.25) is 0 Å². The third-order valence-corrected chi connectivity index (χ3v) is 6.23. The lowest BCUT2D eigenvalue weighted by atomic mass is 9.92. The molecule has 1 atom stereocenters. The summed E-state index contributed by atoms with van der Waals surface area (Å²) in [5.74, 6) is 1.13. The number of aromatic nitrogens is 3. The van der Waals surface area contributed by atoms with E-state index in [0.717, 1.165) is 52.8 Å². The number of nitrogens with two attached hydrogens (primary N) is 1. The monoisotopic (exact) mass is 399 g/mol. The highest BCUT2D eigenvalue weighted by Gasteiger charge is 2.28. The van der Waals surface area contributed by atoms with Crippen molar-refractivity contribution >= 4 is 33.5 Å². The van der Waals surface area contributed by atoms with Gasteiger partial charge in [-0.05, 0) is 50.1 Å². The molecule has 1 saturated heterocycles. The summed E-state index contributed by atoms with van der Waals surface area (Å²) in [7, 11) is 1.99. The molecule has 3 heterocycles. The Morgan fingerprint density at radius 2 is 1.93 bits per heavy atom. The van der Waals surface area contributed by atoms with Gasteiger partial charge in [0.25, 0.3) is 5.91 Å². The molecule has 2 aromatic heterocycles. The van der Waals surface area contributed by atoms with Crippen LogP contribution in [-0.2, 0) is 7.05 Å². The number of fused-ring (bicyclic) bond motifs is 2. The maximum atomic E-state index is 13.2. The summed E-state index contributed by atoms with van der Waals surface area (Å²) in [6.07, 6.45) is 1.92. The van der Waals surface area contributed by atoms with Crippen molar-refractivity contribution in [1.82, 2.24) is 19.4 Å². The van der Waals surface area contributed by atoms with Crippen LogP contribution in [0.25, 0.3) is 21.9 Å². The predicted octanol–water partition coefficient (Wildman–Crippen LogP) is 4.03. The molecule has 2 aromatic carbocycles. The van der Waals surface area contributed by atoms with Crippen molar-refractivity contribution in [3.63, 3.8) is 0 Å². The number of hydrogen-bond donors (Lipinski definition) is 1. The van der Waals surface area contributed by atoms with Crippen LogP contribution in [0.4, 0.5) is 5.69 Å². The summed E-state index contributed by atoms with van der Waals surface area (Å²) < 4.78 is 2.04. The van der Waals surface area contributed by atoms with E-state index in [0.29, 0.717) is 17.8 Å². The van der Waals surface area contributed by atoms with Gasteiger partial charge in [0.05, 0.1) is 27.9 Å². The minimum Gasteiger partial charge on any atom is -0.397 e. The second kappa shape index (κ2) is 7.13. The number of nitrogens with zero attached hydrogens (tertiary/aromatic N) is 4. The Morgan fingerprint density at radius 1 is 1.10 bits per heavy atom. The van der Waals surface area contributed by atoms with Crippen molar-refractivity contribution in [3.05, 3.63) is 65.6 Å². The minimum atomic E-state index is 0.0456. The second-order valence-electron chi connectivity index (χ2n) is 8.17. The molecule has 0 spiro atoms. The molecule has 152 valence electrons. The first-order valence-corrected chi connectivity index (χ1v) is 10.4. The van der Waals surface area contributed by atoms with E-state index in [1.165, 1.54) is 0 Å². The third kappa shape index (κ3) is 3.09. The Kier molecular flexibility index (Phi) is 4.42. The maximum Gasteiger partial charge on any atom is 0.253 e. The van der Waals surface area contributed by atoms with Gasteiger partial charge in [0.15, 0.2) is 0 Å². The summed E-state index contributed by atoms with van der Waals surface area (Å²) >= 11 is 0. The van der Waals surface area contributed by atoms with E-state index < -0.39 is 0 Å². The average molecular weight is 399 g/mol. The number of pyridine rings is 1. The molecule has 1 aliphatic heterocycles. The topological polar surface area (TPSA) is 77.0 Å². The van der Waals surface area contributed by atoms with Gasteiger partial charge in [0.1, 0.15) is 5.82 Å². The molecule has 0 radical (unpaired) electrons. The molecular weight excluding hydrogens is 374 g/mol. The Labute approximate surface area is 175 Å². The van der Waals surface area contributed by atoms with Crippen LogP contribution in [0.3, 0.4) is 0 Å². The van der Waals surface area contributed by atoms with E-state index in [2.05, 4.69) is 4.98 Å². The van der Waals surface area contributed by atoms with Gasteiger partial charge in [-0.2, -0.15) is 0 Å². The Hall–Kier alpha value is -3.41. The zero-order valence-electron chi connectivity index (χ0n) is 17.3. The number of para-hydroxylation sites is 1. The summed E-state index contributed by atoms with van der Waals surface area (Å²) in [5, 5.41) is 1.04. The first-order valence-electron chi connectivity index (χ1n) is 10.4. The maximum absolute atomic E-state index is 13.2. The molecule has 1 fully saturated rings. The standard InChI is InChI=1S/C24H25N5O/c1-15-26-21-13-17(9-10-22(21)28(15)2)24(30)29-11-5-7-18(14-29)23-19(25)12-16-6-3-4-8-20(16)27-23/h3-4,6,8-10,12-13,18H,5,7,11,14,25H2,1-2H3/t18-/m0/s1. The van der Waals surface area contributed by atoms with E-state index in [-0.39, 0.29) is 11.8 Å². The summed E-state index contributed by atoms with van der Waals surface area (Å²) in [6.45, 7) is 3.35. The van der Waals surface area contributed by atoms with Crippen molar-refractivity contribution in [2.45, 2.75) is 25.7 Å². The lowest BCUT2D eigenvalue weighted by molar-refractivity contribution is 0.0706. The van der Waals surface area contributed by atoms with Gasteiger partial charge >= 0.3 is 0 Å². The fourth-order valence-corrected chi connectivity index (χ4v) is 4.49. The van der Waals surface area contributed by atoms with Crippen molar-refractivity contribution in [2.24, 2.45) is 7.05 Å². The quantitative estimate of drug-likeness (QED) is 0.552. The van der Waals surface area contributed by atoms with Gasteiger partial charge in [-0.15, -0.1) is 0 Å². The summed E-state index contributed by atoms with van der Waals surface area (Å²) in [6, 6.07) is 15.8. The molecule has 1 amide bonds. The summed E-state index contributed by atoms with van der Waals surface area (Å²) in [5.41, 5.74) is 11.5. The number of amides is 1. The predicted molar refractivity (Wildman–Crippen MR) is 119 cm³/mol. The van der Waals surface area contributed by atoms with Gasteiger partial charge in [-0.25, -0.2) is 4.98 Å². The number of aryl methyl sites for hydroxylation is 2. The van der Waals surface area contributed by atoms with E-state index in [1.807, 2.05) is 72.0 Å². The molecule has 0 aliphatic carbocycles. The highest BCUT2D eigenvalue weighted by Crippen LogP contribution is 2.32. The van der Waals surface area contributed by atoms with E-state index in [1.54, 1.807) is 0 Å². The van der Waals surface area contributed by atoms with Crippen molar-refractivity contribution in [1.29, 1.82) is 0 Å². The normalized spacial score (nSPS) is 17.0. The highest BCUT2D eigenvalue weighted by molar-refractivity contribution is 5.97. The first kappa shape index (κ1) is 18.6. The molecule has 2 N–H and O–H groups in total. The second-order valence-corrected chi connectivity index (χ2v) is 8.17. The minimum absolute atomic E-state index is 0.0456. The molecular formula is C24H25N5O. The number of carbonyl (C=O) groups excluding carboxylic acids is 1. The molecule has 5 rings (SSSR count). The van der Waals surface area contributed by atoms with Crippen LogP contribution in [-0.4, -0.2) is 38.4 Å². The van der Waals surface area contributed by atoms with Crippen LogP contribution >= 0.6 is 0 Å². The number of imidazole rings is 1. The van der Waals surface area contributed by atoms with E-state index >= 15 is 0 Å². The number of benzene rings is 2. The van der Waals surface area contributed by atoms with Crippen LogP contribution in [0.2, 0.25) is 0 Å². The fourth-order valence-electron chi connectivity index (χ4n) is 4.49. The van der Waals surface area contributed by atoms with Gasteiger partial charge in [-0.1, -0.05) is 18.2 Å². The van der Waals surface area contributed by atoms with Gasteiger partial charge < -0.3 is 15.2 Å².